The molecule has 3 N–H and O–H groups in total. The van der Waals surface area contributed by atoms with Gasteiger partial charge in [0.2, 0.25) is 0 Å². The summed E-state index contributed by atoms with van der Waals surface area (Å²) in [4.78, 5) is 6.63. The second-order valence-electron chi connectivity index (χ2n) is 4.86. The lowest BCUT2D eigenvalue weighted by Crippen LogP contribution is -2.37. The number of rotatable bonds is 6. The van der Waals surface area contributed by atoms with E-state index in [4.69, 9.17) is 33.7 Å². The molecule has 0 saturated carbocycles. The molecule has 0 unspecified atom stereocenters. The number of halogens is 2. The fraction of sp³-hybridized carbons (Fsp3) is 0.400. The van der Waals surface area contributed by atoms with Gasteiger partial charge in [0.05, 0.1) is 30.5 Å². The topological polar surface area (TPSA) is 62.9 Å². The van der Waals surface area contributed by atoms with E-state index in [2.05, 4.69) is 15.2 Å². The van der Waals surface area contributed by atoms with Crippen LogP contribution in [0.5, 0.6) is 0 Å². The lowest BCUT2D eigenvalue weighted by molar-refractivity contribution is 0.0394. The van der Waals surface area contributed by atoms with Gasteiger partial charge in [-0.2, -0.15) is 0 Å². The SMILES string of the molecule is NC(/C=C\Nc1ccc(Cl)cc1Cl)=NCCN1CCOCC1. The van der Waals surface area contributed by atoms with Crippen LogP contribution in [0.15, 0.2) is 35.5 Å². The third kappa shape index (κ3) is 5.85. The van der Waals surface area contributed by atoms with Gasteiger partial charge in [-0.1, -0.05) is 23.2 Å². The third-order valence-electron chi connectivity index (χ3n) is 3.24. The maximum atomic E-state index is 6.06. The highest BCUT2D eigenvalue weighted by Gasteiger charge is 2.08. The third-order valence-corrected chi connectivity index (χ3v) is 3.79. The van der Waals surface area contributed by atoms with Crippen molar-refractivity contribution in [3.63, 3.8) is 0 Å². The average molecular weight is 343 g/mol. The Morgan fingerprint density at radius 3 is 2.86 bits per heavy atom. The van der Waals surface area contributed by atoms with Crippen LogP contribution in [0, 0.1) is 0 Å². The van der Waals surface area contributed by atoms with Gasteiger partial charge < -0.3 is 15.8 Å². The van der Waals surface area contributed by atoms with E-state index in [9.17, 15) is 0 Å². The second kappa shape index (κ2) is 9.00. The summed E-state index contributed by atoms with van der Waals surface area (Å²) in [6.07, 6.45) is 3.42. The Hall–Kier alpha value is -1.27. The van der Waals surface area contributed by atoms with Gasteiger partial charge in [0.15, 0.2) is 0 Å². The van der Waals surface area contributed by atoms with Crippen molar-refractivity contribution in [2.45, 2.75) is 0 Å². The Morgan fingerprint density at radius 2 is 2.14 bits per heavy atom. The molecule has 22 heavy (non-hydrogen) atoms. The molecule has 1 fully saturated rings. The molecule has 1 aliphatic rings. The summed E-state index contributed by atoms with van der Waals surface area (Å²) in [5.74, 6) is 0.478. The fourth-order valence-electron chi connectivity index (χ4n) is 2.02. The first-order valence-corrected chi connectivity index (χ1v) is 7.89. The van der Waals surface area contributed by atoms with Crippen LogP contribution in [-0.2, 0) is 4.74 Å². The van der Waals surface area contributed by atoms with Gasteiger partial charge in [-0.3, -0.25) is 9.89 Å². The fourth-order valence-corrected chi connectivity index (χ4v) is 2.48. The van der Waals surface area contributed by atoms with Gasteiger partial charge >= 0.3 is 0 Å². The molecule has 0 atom stereocenters. The van der Waals surface area contributed by atoms with Crippen LogP contribution in [0.3, 0.4) is 0 Å². The molecule has 5 nitrogen and oxygen atoms in total. The first kappa shape index (κ1) is 17.1. The lowest BCUT2D eigenvalue weighted by atomic mass is 10.3. The van der Waals surface area contributed by atoms with Crippen LogP contribution >= 0.6 is 23.2 Å². The normalized spacial score (nSPS) is 17.1. The van der Waals surface area contributed by atoms with E-state index in [1.54, 1.807) is 30.5 Å². The van der Waals surface area contributed by atoms with Crippen molar-refractivity contribution in [1.29, 1.82) is 0 Å². The number of amidine groups is 1. The monoisotopic (exact) mass is 342 g/mol. The number of nitrogens with one attached hydrogen (secondary N) is 1. The van der Waals surface area contributed by atoms with Crippen molar-refractivity contribution in [2.24, 2.45) is 10.7 Å². The predicted molar refractivity (Wildman–Crippen MR) is 93.0 cm³/mol. The molecule has 0 radical (unpaired) electrons. The number of anilines is 1. The van der Waals surface area contributed by atoms with Gasteiger partial charge in [-0.25, -0.2) is 0 Å². The first-order chi connectivity index (χ1) is 10.6. The molecule has 7 heteroatoms. The minimum Gasteiger partial charge on any atom is -0.384 e. The number of benzene rings is 1. The van der Waals surface area contributed by atoms with Crippen LogP contribution < -0.4 is 11.1 Å². The number of hydrogen-bond donors (Lipinski definition) is 2. The molecule has 1 aliphatic heterocycles. The molecule has 0 aliphatic carbocycles. The van der Waals surface area contributed by atoms with Gasteiger partial charge in [-0.15, -0.1) is 0 Å². The molecule has 0 aromatic heterocycles. The molecule has 2 rings (SSSR count). The van der Waals surface area contributed by atoms with Crippen LogP contribution in [-0.4, -0.2) is 50.1 Å². The summed E-state index contributed by atoms with van der Waals surface area (Å²) in [5, 5.41) is 4.21. The number of aliphatic imine (C=N–C) groups is 1. The second-order valence-corrected chi connectivity index (χ2v) is 5.71. The van der Waals surface area contributed by atoms with Crippen molar-refractivity contribution in [2.75, 3.05) is 44.7 Å². The van der Waals surface area contributed by atoms with Crippen LogP contribution in [0.2, 0.25) is 10.0 Å². The summed E-state index contributed by atoms with van der Waals surface area (Å²) in [6.45, 7) is 5.09. The summed E-state index contributed by atoms with van der Waals surface area (Å²) >= 11 is 11.9. The van der Waals surface area contributed by atoms with Crippen molar-refractivity contribution in [1.82, 2.24) is 4.90 Å². The highest BCUT2D eigenvalue weighted by atomic mass is 35.5. The minimum atomic E-state index is 0.478. The summed E-state index contributed by atoms with van der Waals surface area (Å²) in [6, 6.07) is 5.25. The standard InChI is InChI=1S/C15H20Cl2N4O/c16-12-1-2-14(13(17)11-12)19-4-3-15(18)20-5-6-21-7-9-22-10-8-21/h1-4,11,19H,5-10H2,(H2,18,20)/b4-3-. The zero-order valence-electron chi connectivity index (χ0n) is 12.3. The molecule has 1 aromatic carbocycles. The van der Waals surface area contributed by atoms with Gasteiger partial charge in [-0.05, 0) is 24.3 Å². The van der Waals surface area contributed by atoms with E-state index in [0.29, 0.717) is 22.4 Å². The number of nitrogens with zero attached hydrogens (tertiary/aromatic N) is 2. The number of morpholine rings is 1. The highest BCUT2D eigenvalue weighted by molar-refractivity contribution is 6.36. The molecule has 0 amide bonds. The van der Waals surface area contributed by atoms with Crippen molar-refractivity contribution < 1.29 is 4.74 Å². The van der Waals surface area contributed by atoms with E-state index in [1.165, 1.54) is 0 Å². The van der Waals surface area contributed by atoms with Crippen molar-refractivity contribution >= 4 is 34.7 Å². The molecule has 1 aromatic rings. The van der Waals surface area contributed by atoms with Gasteiger partial charge in [0, 0.05) is 30.9 Å². The number of hydrogen-bond acceptors (Lipinski definition) is 4. The highest BCUT2D eigenvalue weighted by Crippen LogP contribution is 2.25. The average Bonchev–Trinajstić information content (AvgIpc) is 2.50. The van der Waals surface area contributed by atoms with Crippen molar-refractivity contribution in [3.05, 3.63) is 40.5 Å². The summed E-state index contributed by atoms with van der Waals surface area (Å²) in [7, 11) is 0. The molecular weight excluding hydrogens is 323 g/mol. The summed E-state index contributed by atoms with van der Waals surface area (Å²) < 4.78 is 5.30. The van der Waals surface area contributed by atoms with E-state index in [1.807, 2.05) is 0 Å². The number of nitrogens with two attached hydrogens (primary N) is 1. The Labute approximate surface area is 140 Å². The zero-order valence-corrected chi connectivity index (χ0v) is 13.8. The minimum absolute atomic E-state index is 0.478. The molecule has 1 saturated heterocycles. The smallest absolute Gasteiger partial charge is 0.119 e. The zero-order chi connectivity index (χ0) is 15.8. The van der Waals surface area contributed by atoms with E-state index in [0.717, 1.165) is 38.5 Å². The molecular formula is C15H20Cl2N4O. The van der Waals surface area contributed by atoms with Gasteiger partial charge in [0.1, 0.15) is 5.84 Å². The number of ether oxygens (including phenoxy) is 1. The molecule has 0 bridgehead atoms. The Morgan fingerprint density at radius 1 is 1.36 bits per heavy atom. The Bertz CT molecular complexity index is 542. The quantitative estimate of drug-likeness (QED) is 0.616. The maximum absolute atomic E-state index is 6.06. The molecule has 1 heterocycles. The van der Waals surface area contributed by atoms with Gasteiger partial charge in [0.25, 0.3) is 0 Å². The Kier molecular flexibility index (Phi) is 6.99. The Balaban J connectivity index is 1.75. The lowest BCUT2D eigenvalue weighted by Gasteiger charge is -2.25. The first-order valence-electron chi connectivity index (χ1n) is 7.13. The van der Waals surface area contributed by atoms with E-state index < -0.39 is 0 Å². The molecule has 0 spiro atoms. The van der Waals surface area contributed by atoms with Crippen LogP contribution in [0.1, 0.15) is 0 Å². The molecule has 120 valence electrons. The van der Waals surface area contributed by atoms with E-state index in [-0.39, 0.29) is 0 Å². The van der Waals surface area contributed by atoms with Crippen molar-refractivity contribution in [3.8, 4) is 0 Å². The predicted octanol–water partition coefficient (Wildman–Crippen LogP) is 2.61. The summed E-state index contributed by atoms with van der Waals surface area (Å²) in [5.41, 5.74) is 6.61. The van der Waals surface area contributed by atoms with Crippen LogP contribution in [0.4, 0.5) is 5.69 Å². The maximum Gasteiger partial charge on any atom is 0.119 e. The van der Waals surface area contributed by atoms with Crippen LogP contribution in [0.25, 0.3) is 0 Å². The largest absolute Gasteiger partial charge is 0.384 e. The van der Waals surface area contributed by atoms with E-state index >= 15 is 0 Å².